The van der Waals surface area contributed by atoms with Crippen molar-refractivity contribution in [3.63, 3.8) is 0 Å². The number of aromatic nitrogens is 1. The normalized spacial score (nSPS) is 13.7. The molecule has 0 saturated heterocycles. The van der Waals surface area contributed by atoms with E-state index >= 15 is 0 Å². The minimum absolute atomic E-state index is 0.290. The van der Waals surface area contributed by atoms with Crippen molar-refractivity contribution in [1.29, 1.82) is 0 Å². The molecule has 0 bridgehead atoms. The van der Waals surface area contributed by atoms with Crippen molar-refractivity contribution >= 4 is 32.5 Å². The molecule has 1 unspecified atom stereocenters. The van der Waals surface area contributed by atoms with Gasteiger partial charge in [0, 0.05) is 10.9 Å². The Bertz CT molecular complexity index is 1080. The zero-order valence-electron chi connectivity index (χ0n) is 15.6. The fourth-order valence-corrected chi connectivity index (χ4v) is 3.29. The number of hydrogen-bond donors (Lipinski definition) is 1. The number of benzene rings is 2. The summed E-state index contributed by atoms with van der Waals surface area (Å²) in [6.07, 6.45) is 3.61. The average molecular weight is 385 g/mol. The number of amidine groups is 1. The molecule has 0 aliphatic carbocycles. The molecule has 0 aliphatic heterocycles. The largest absolute Gasteiger partial charge is 0.383 e. The second kappa shape index (κ2) is 7.44. The van der Waals surface area contributed by atoms with Crippen LogP contribution < -0.4 is 10.0 Å². The topological polar surface area (TPSA) is 86.7 Å². The van der Waals surface area contributed by atoms with Gasteiger partial charge in [0.15, 0.2) is 0 Å². The van der Waals surface area contributed by atoms with E-state index in [9.17, 15) is 8.42 Å². The van der Waals surface area contributed by atoms with Gasteiger partial charge in [0.05, 0.1) is 23.7 Å². The Hall–Kier alpha value is -2.80. The summed E-state index contributed by atoms with van der Waals surface area (Å²) in [5.74, 6) is 0.782. The summed E-state index contributed by atoms with van der Waals surface area (Å²) in [6, 6.07) is 15.2. The lowest BCUT2D eigenvalue weighted by Gasteiger charge is -2.08. The molecular weight excluding hydrogens is 362 g/mol. The lowest BCUT2D eigenvalue weighted by Crippen LogP contribution is -2.18. The number of hydrogen-bond acceptors (Lipinski definition) is 4. The third-order valence-corrected chi connectivity index (χ3v) is 4.93. The summed E-state index contributed by atoms with van der Waals surface area (Å²) >= 11 is 0. The van der Waals surface area contributed by atoms with Crippen LogP contribution >= 0.6 is 0 Å². The smallest absolute Gasteiger partial charge is 0.324 e. The Morgan fingerprint density at radius 1 is 1.19 bits per heavy atom. The monoisotopic (exact) mass is 385 g/mol. The van der Waals surface area contributed by atoms with Crippen molar-refractivity contribution in [3.05, 3.63) is 65.9 Å². The zero-order chi connectivity index (χ0) is 19.6. The van der Waals surface area contributed by atoms with Crippen LogP contribution in [0.1, 0.15) is 37.3 Å². The molecule has 3 rings (SSSR count). The van der Waals surface area contributed by atoms with Crippen LogP contribution in [0.4, 0.5) is 5.69 Å². The Kier molecular flexibility index (Phi) is 5.23. The lowest BCUT2D eigenvalue weighted by molar-refractivity contribution is 0.296. The Morgan fingerprint density at radius 2 is 1.85 bits per heavy atom. The molecule has 1 aromatic heterocycles. The van der Waals surface area contributed by atoms with Crippen LogP contribution in [0, 0.1) is 0 Å². The van der Waals surface area contributed by atoms with Crippen LogP contribution in [-0.4, -0.2) is 25.2 Å². The van der Waals surface area contributed by atoms with Crippen LogP contribution in [-0.2, 0) is 10.1 Å². The Labute approximate surface area is 159 Å². The summed E-state index contributed by atoms with van der Waals surface area (Å²) in [5.41, 5.74) is 9.43. The van der Waals surface area contributed by atoms with Gasteiger partial charge < -0.3 is 5.73 Å². The maximum atomic E-state index is 11.5. The fourth-order valence-electron chi connectivity index (χ4n) is 2.87. The minimum atomic E-state index is -3.67. The summed E-state index contributed by atoms with van der Waals surface area (Å²) in [4.78, 5) is 4.49. The van der Waals surface area contributed by atoms with Gasteiger partial charge in [-0.15, -0.1) is 0 Å². The number of nitrogens with zero attached hydrogens (tertiary/aromatic N) is 2. The van der Waals surface area contributed by atoms with Gasteiger partial charge in [-0.1, -0.05) is 44.2 Å². The Balaban J connectivity index is 2.00. The van der Waals surface area contributed by atoms with Gasteiger partial charge in [0.25, 0.3) is 0 Å². The second-order valence-corrected chi connectivity index (χ2v) is 8.12. The standard InChI is InChI=1S/C20H23N3O3S/c1-4-14(2)15-9-11-16(12-10-15)22-20(21)18-13-23(26-27(3,24)25)19-8-6-5-7-17(18)19/h5-14H,4H2,1-3H3,(H2,21,22). The number of aliphatic imine (C=N–C) groups is 1. The van der Waals surface area contributed by atoms with Gasteiger partial charge in [0.2, 0.25) is 0 Å². The van der Waals surface area contributed by atoms with Gasteiger partial charge in [-0.05, 0) is 36.1 Å². The first-order valence-corrected chi connectivity index (χ1v) is 10.5. The minimum Gasteiger partial charge on any atom is -0.383 e. The highest BCUT2D eigenvalue weighted by Gasteiger charge is 2.15. The van der Waals surface area contributed by atoms with Gasteiger partial charge >= 0.3 is 10.1 Å². The molecule has 6 nitrogen and oxygen atoms in total. The van der Waals surface area contributed by atoms with E-state index in [0.29, 0.717) is 22.8 Å². The number of rotatable bonds is 6. The molecule has 1 heterocycles. The highest BCUT2D eigenvalue weighted by atomic mass is 32.2. The molecule has 2 aromatic carbocycles. The lowest BCUT2D eigenvalue weighted by atomic mass is 9.99. The van der Waals surface area contributed by atoms with Gasteiger partial charge in [-0.3, -0.25) is 4.28 Å². The van der Waals surface area contributed by atoms with Crippen LogP contribution in [0.15, 0.2) is 59.7 Å². The average Bonchev–Trinajstić information content (AvgIpc) is 2.99. The fraction of sp³-hybridized carbons (Fsp3) is 0.250. The quantitative estimate of drug-likeness (QED) is 0.519. The number of nitrogens with two attached hydrogens (primary N) is 1. The molecule has 7 heteroatoms. The molecule has 0 aliphatic rings. The van der Waals surface area contributed by atoms with E-state index < -0.39 is 10.1 Å². The van der Waals surface area contributed by atoms with Crippen molar-refractivity contribution < 1.29 is 12.7 Å². The van der Waals surface area contributed by atoms with Crippen molar-refractivity contribution in [2.75, 3.05) is 6.26 Å². The van der Waals surface area contributed by atoms with Crippen molar-refractivity contribution in [3.8, 4) is 0 Å². The van der Waals surface area contributed by atoms with E-state index in [0.717, 1.165) is 23.8 Å². The van der Waals surface area contributed by atoms with E-state index in [-0.39, 0.29) is 0 Å². The van der Waals surface area contributed by atoms with Gasteiger partial charge in [-0.25, -0.2) is 4.99 Å². The molecule has 0 fully saturated rings. The maximum Gasteiger partial charge on any atom is 0.324 e. The van der Waals surface area contributed by atoms with Gasteiger partial charge in [0.1, 0.15) is 5.84 Å². The van der Waals surface area contributed by atoms with Crippen molar-refractivity contribution in [2.24, 2.45) is 10.7 Å². The summed E-state index contributed by atoms with van der Waals surface area (Å²) in [7, 11) is -3.67. The van der Waals surface area contributed by atoms with Crippen LogP contribution in [0.2, 0.25) is 0 Å². The van der Waals surface area contributed by atoms with E-state index in [1.165, 1.54) is 16.5 Å². The second-order valence-electron chi connectivity index (χ2n) is 6.56. The molecule has 0 radical (unpaired) electrons. The summed E-state index contributed by atoms with van der Waals surface area (Å²) in [6.45, 7) is 4.34. The van der Waals surface area contributed by atoms with E-state index in [1.807, 2.05) is 24.3 Å². The molecule has 142 valence electrons. The maximum absolute atomic E-state index is 11.5. The first-order valence-electron chi connectivity index (χ1n) is 8.73. The van der Waals surface area contributed by atoms with Gasteiger partial charge in [-0.2, -0.15) is 13.1 Å². The van der Waals surface area contributed by atoms with E-state index in [4.69, 9.17) is 10.0 Å². The summed E-state index contributed by atoms with van der Waals surface area (Å²) in [5, 5.41) is 0.763. The van der Waals surface area contributed by atoms with Crippen molar-refractivity contribution in [1.82, 2.24) is 4.73 Å². The third-order valence-electron chi connectivity index (χ3n) is 4.49. The molecule has 1 atom stereocenters. The van der Waals surface area contributed by atoms with Crippen LogP contribution in [0.3, 0.4) is 0 Å². The SMILES string of the molecule is CCC(C)c1ccc(N=C(N)c2cn(OS(C)(=O)=O)c3ccccc23)cc1. The van der Waals surface area contributed by atoms with Crippen LogP contribution in [0.5, 0.6) is 0 Å². The molecule has 0 amide bonds. The van der Waals surface area contributed by atoms with Crippen LogP contribution in [0.25, 0.3) is 10.9 Å². The highest BCUT2D eigenvalue weighted by molar-refractivity contribution is 7.86. The zero-order valence-corrected chi connectivity index (χ0v) is 16.4. The highest BCUT2D eigenvalue weighted by Crippen LogP contribution is 2.24. The molecule has 0 spiro atoms. The first-order chi connectivity index (χ1) is 12.8. The predicted molar refractivity (Wildman–Crippen MR) is 109 cm³/mol. The number of para-hydroxylation sites is 1. The molecule has 3 aromatic rings. The number of fused-ring (bicyclic) bond motifs is 1. The predicted octanol–water partition coefficient (Wildman–Crippen LogP) is 3.58. The summed E-state index contributed by atoms with van der Waals surface area (Å²) < 4.78 is 29.3. The molecule has 0 saturated carbocycles. The molecule has 2 N–H and O–H groups in total. The molecular formula is C20H23N3O3S. The Morgan fingerprint density at radius 3 is 2.48 bits per heavy atom. The first kappa shape index (κ1) is 19.0. The van der Waals surface area contributed by atoms with E-state index in [2.05, 4.69) is 31.0 Å². The third kappa shape index (κ3) is 4.31. The molecule has 27 heavy (non-hydrogen) atoms. The van der Waals surface area contributed by atoms with Crippen molar-refractivity contribution in [2.45, 2.75) is 26.2 Å². The van der Waals surface area contributed by atoms with E-state index in [1.54, 1.807) is 12.1 Å².